The van der Waals surface area contributed by atoms with E-state index >= 15 is 0 Å². The van der Waals surface area contributed by atoms with Crippen molar-refractivity contribution < 1.29 is 23.7 Å². The number of ether oxygens (including phenoxy) is 4. The molecule has 0 unspecified atom stereocenters. The number of hydrogen-bond acceptors (Lipinski definition) is 7. The van der Waals surface area contributed by atoms with E-state index in [2.05, 4.69) is 82.6 Å². The molecule has 7 heteroatoms. The van der Waals surface area contributed by atoms with Gasteiger partial charge in [0.25, 0.3) is 0 Å². The van der Waals surface area contributed by atoms with E-state index in [1.165, 1.54) is 11.1 Å². The van der Waals surface area contributed by atoms with Crippen molar-refractivity contribution in [2.75, 3.05) is 20.5 Å². The van der Waals surface area contributed by atoms with Gasteiger partial charge in [-0.3, -0.25) is 9.80 Å². The molecule has 0 bridgehead atoms. The highest BCUT2D eigenvalue weighted by atomic mass is 16.7. The second-order valence-corrected chi connectivity index (χ2v) is 12.7. The van der Waals surface area contributed by atoms with Crippen LogP contribution in [0.3, 0.4) is 0 Å². The van der Waals surface area contributed by atoms with Crippen LogP contribution in [-0.4, -0.2) is 66.7 Å². The van der Waals surface area contributed by atoms with E-state index in [9.17, 15) is 4.79 Å². The zero-order valence-corrected chi connectivity index (χ0v) is 27.8. The van der Waals surface area contributed by atoms with Gasteiger partial charge >= 0.3 is 0 Å². The van der Waals surface area contributed by atoms with Crippen molar-refractivity contribution in [2.24, 2.45) is 0 Å². The van der Waals surface area contributed by atoms with Crippen molar-refractivity contribution >= 4 is 6.29 Å². The number of methoxy groups -OCH3 is 1. The Morgan fingerprint density at radius 3 is 1.62 bits per heavy atom. The first kappa shape index (κ1) is 34.6. The Balaban J connectivity index is 1.47. The molecule has 0 N–H and O–H groups in total. The number of carbonyl (C=O) groups is 1. The van der Waals surface area contributed by atoms with Gasteiger partial charge in [-0.2, -0.15) is 0 Å². The largest absolute Gasteiger partial charge is 0.359 e. The van der Waals surface area contributed by atoms with E-state index < -0.39 is 17.9 Å². The summed E-state index contributed by atoms with van der Waals surface area (Å²) in [5.74, 6) is -0.789. The lowest BCUT2D eigenvalue weighted by atomic mass is 9.95. The van der Waals surface area contributed by atoms with Crippen LogP contribution in [0.2, 0.25) is 0 Å². The topological polar surface area (TPSA) is 60.5 Å². The smallest absolute Gasteiger partial charge is 0.163 e. The van der Waals surface area contributed by atoms with Crippen LogP contribution in [0.4, 0.5) is 0 Å². The minimum atomic E-state index is -0.789. The third kappa shape index (κ3) is 10.4. The molecule has 0 aliphatic carbocycles. The summed E-state index contributed by atoms with van der Waals surface area (Å²) in [5.41, 5.74) is 4.67. The molecule has 1 heterocycles. The SMILES string of the molecule is COCO[C@H](C[C@H]1OC(C)(C)OC[C@@H]1N(Cc1ccccc1)Cc1ccccc1)[C@H](C=O)N(Cc1ccccc1)Cc1ccccc1. The maximum Gasteiger partial charge on any atom is 0.163 e. The van der Waals surface area contributed by atoms with Crippen molar-refractivity contribution in [1.29, 1.82) is 0 Å². The summed E-state index contributed by atoms with van der Waals surface area (Å²) in [4.78, 5) is 17.8. The Kier molecular flexibility index (Phi) is 12.9. The summed E-state index contributed by atoms with van der Waals surface area (Å²) >= 11 is 0. The molecular weight excluding hydrogens is 588 g/mol. The van der Waals surface area contributed by atoms with Gasteiger partial charge in [0.05, 0.1) is 30.9 Å². The van der Waals surface area contributed by atoms with Gasteiger partial charge in [0, 0.05) is 39.7 Å². The Hall–Kier alpha value is -3.69. The van der Waals surface area contributed by atoms with Crippen LogP contribution < -0.4 is 0 Å². The molecule has 1 fully saturated rings. The van der Waals surface area contributed by atoms with Crippen LogP contribution in [0.1, 0.15) is 42.5 Å². The highest BCUT2D eigenvalue weighted by Gasteiger charge is 2.42. The van der Waals surface area contributed by atoms with Crippen molar-refractivity contribution in [3.63, 3.8) is 0 Å². The molecule has 7 nitrogen and oxygen atoms in total. The van der Waals surface area contributed by atoms with Gasteiger partial charge in [-0.25, -0.2) is 0 Å². The summed E-state index contributed by atoms with van der Waals surface area (Å²) in [6, 6.07) is 40.8. The summed E-state index contributed by atoms with van der Waals surface area (Å²) in [7, 11) is 1.61. The van der Waals surface area contributed by atoms with E-state index in [0.717, 1.165) is 30.5 Å². The van der Waals surface area contributed by atoms with Crippen LogP contribution in [0.25, 0.3) is 0 Å². The van der Waals surface area contributed by atoms with Gasteiger partial charge in [0.1, 0.15) is 13.1 Å². The summed E-state index contributed by atoms with van der Waals surface area (Å²) < 4.78 is 24.9. The fraction of sp³-hybridized carbons (Fsp3) is 0.375. The van der Waals surface area contributed by atoms with Gasteiger partial charge in [-0.15, -0.1) is 0 Å². The molecule has 1 aliphatic heterocycles. The summed E-state index contributed by atoms with van der Waals surface area (Å²) in [6.07, 6.45) is 0.712. The molecule has 0 spiro atoms. The lowest BCUT2D eigenvalue weighted by molar-refractivity contribution is -0.301. The quantitative estimate of drug-likeness (QED) is 0.0928. The number of aldehydes is 1. The van der Waals surface area contributed by atoms with Crippen LogP contribution in [0.5, 0.6) is 0 Å². The Bertz CT molecular complexity index is 1370. The highest BCUT2D eigenvalue weighted by molar-refractivity contribution is 5.59. The normalized spacial score (nSPS) is 19.0. The lowest BCUT2D eigenvalue weighted by Crippen LogP contribution is -2.58. The zero-order chi connectivity index (χ0) is 32.9. The maximum atomic E-state index is 13.2. The fourth-order valence-electron chi connectivity index (χ4n) is 6.34. The molecule has 0 radical (unpaired) electrons. The second-order valence-electron chi connectivity index (χ2n) is 12.7. The van der Waals surface area contributed by atoms with Crippen LogP contribution in [-0.2, 0) is 49.9 Å². The van der Waals surface area contributed by atoms with E-state index in [-0.39, 0.29) is 18.9 Å². The molecular formula is C40H48N2O5. The number of carbonyl (C=O) groups excluding carboxylic acids is 1. The molecule has 0 amide bonds. The van der Waals surface area contributed by atoms with E-state index in [0.29, 0.717) is 26.1 Å². The molecule has 248 valence electrons. The Morgan fingerprint density at radius 2 is 1.19 bits per heavy atom. The Labute approximate surface area is 280 Å². The Morgan fingerprint density at radius 1 is 0.745 bits per heavy atom. The first-order valence-electron chi connectivity index (χ1n) is 16.5. The van der Waals surface area contributed by atoms with Gasteiger partial charge in [-0.05, 0) is 36.1 Å². The van der Waals surface area contributed by atoms with Crippen molar-refractivity contribution in [3.8, 4) is 0 Å². The van der Waals surface area contributed by atoms with Crippen molar-refractivity contribution in [1.82, 2.24) is 9.80 Å². The third-order valence-corrected chi connectivity index (χ3v) is 8.66. The molecule has 0 aromatic heterocycles. The molecule has 1 saturated heterocycles. The van der Waals surface area contributed by atoms with Gasteiger partial charge in [-0.1, -0.05) is 121 Å². The standard InChI is InChI=1S/C40H48N2O5/c1-40(2)46-30-37(42(27-34-20-12-6-13-21-34)28-35-22-14-7-15-23-35)39(47-40)24-38(45-31-44-3)36(29-43)41(25-32-16-8-4-9-17-32)26-33-18-10-5-11-19-33/h4-23,29,36-39H,24-28,30-31H2,1-3H3/t36-,37-,38+,39+/m0/s1. The van der Waals surface area contributed by atoms with Crippen molar-refractivity contribution in [3.05, 3.63) is 144 Å². The zero-order valence-electron chi connectivity index (χ0n) is 27.8. The number of hydrogen-bond donors (Lipinski definition) is 0. The summed E-state index contributed by atoms with van der Waals surface area (Å²) in [6.45, 7) is 7.07. The first-order chi connectivity index (χ1) is 22.9. The maximum absolute atomic E-state index is 13.2. The van der Waals surface area contributed by atoms with Crippen LogP contribution >= 0.6 is 0 Å². The van der Waals surface area contributed by atoms with E-state index in [1.807, 2.05) is 62.4 Å². The lowest BCUT2D eigenvalue weighted by Gasteiger charge is -2.47. The molecule has 4 atom stereocenters. The highest BCUT2D eigenvalue weighted by Crippen LogP contribution is 2.32. The first-order valence-corrected chi connectivity index (χ1v) is 16.5. The van der Waals surface area contributed by atoms with Gasteiger partial charge in [0.2, 0.25) is 0 Å². The number of benzene rings is 4. The van der Waals surface area contributed by atoms with Gasteiger partial charge in [0.15, 0.2) is 5.79 Å². The molecule has 1 aliphatic rings. The average Bonchev–Trinajstić information content (AvgIpc) is 3.09. The predicted molar refractivity (Wildman–Crippen MR) is 184 cm³/mol. The van der Waals surface area contributed by atoms with E-state index in [1.54, 1.807) is 7.11 Å². The summed E-state index contributed by atoms with van der Waals surface area (Å²) in [5, 5.41) is 0. The second kappa shape index (κ2) is 17.5. The monoisotopic (exact) mass is 636 g/mol. The minimum Gasteiger partial charge on any atom is -0.359 e. The number of nitrogens with zero attached hydrogens (tertiary/aromatic N) is 2. The van der Waals surface area contributed by atoms with Crippen LogP contribution in [0, 0.1) is 0 Å². The molecule has 4 aromatic carbocycles. The van der Waals surface area contributed by atoms with E-state index in [4.69, 9.17) is 18.9 Å². The van der Waals surface area contributed by atoms with Gasteiger partial charge < -0.3 is 23.7 Å². The molecule has 5 rings (SSSR count). The predicted octanol–water partition coefficient (Wildman–Crippen LogP) is 6.86. The molecule has 4 aromatic rings. The van der Waals surface area contributed by atoms with Crippen LogP contribution in [0.15, 0.2) is 121 Å². The van der Waals surface area contributed by atoms with Crippen molar-refractivity contribution in [2.45, 2.75) is 76.5 Å². The third-order valence-electron chi connectivity index (χ3n) is 8.66. The molecule has 0 saturated carbocycles. The minimum absolute atomic E-state index is 0.0640. The molecule has 47 heavy (non-hydrogen) atoms. The fourth-order valence-corrected chi connectivity index (χ4v) is 6.34. The average molecular weight is 637 g/mol. The number of rotatable bonds is 17.